The quantitative estimate of drug-likeness (QED) is 0.502. The van der Waals surface area contributed by atoms with Gasteiger partial charge in [-0.1, -0.05) is 29.3 Å². The van der Waals surface area contributed by atoms with Crippen molar-refractivity contribution >= 4 is 34.9 Å². The average molecular weight is 375 g/mol. The van der Waals surface area contributed by atoms with E-state index in [9.17, 15) is 19.7 Å². The normalized spacial score (nSPS) is 18.7. The number of cyclic esters (lactones) is 1. The molecule has 3 rings (SSSR count). The number of nitro groups is 1. The monoisotopic (exact) mass is 374 g/mol. The van der Waals surface area contributed by atoms with Gasteiger partial charge in [0.05, 0.1) is 21.2 Å². The Morgan fingerprint density at radius 2 is 2.04 bits per heavy atom. The van der Waals surface area contributed by atoms with E-state index in [4.69, 9.17) is 16.3 Å². The number of nitro benzene ring substituents is 1. The van der Waals surface area contributed by atoms with Crippen LogP contribution in [0.1, 0.15) is 28.4 Å². The van der Waals surface area contributed by atoms with Crippen LogP contribution in [0.5, 0.6) is 0 Å². The van der Waals surface area contributed by atoms with Crippen molar-refractivity contribution < 1.29 is 19.2 Å². The minimum atomic E-state index is -1.41. The van der Waals surface area contributed by atoms with Crippen molar-refractivity contribution in [1.29, 1.82) is 0 Å². The van der Waals surface area contributed by atoms with Gasteiger partial charge in [-0.3, -0.25) is 14.9 Å². The van der Waals surface area contributed by atoms with E-state index in [2.05, 4.69) is 5.32 Å². The van der Waals surface area contributed by atoms with E-state index in [-0.39, 0.29) is 22.8 Å². The molecule has 0 aliphatic carbocycles. The second-order valence-corrected chi connectivity index (χ2v) is 6.74. The Bertz CT molecular complexity index is 943. The van der Waals surface area contributed by atoms with Crippen molar-refractivity contribution in [2.45, 2.75) is 25.9 Å². The number of hydrogen-bond donors (Lipinski definition) is 1. The van der Waals surface area contributed by atoms with Gasteiger partial charge in [-0.15, -0.1) is 0 Å². The number of halogens is 1. The second kappa shape index (κ2) is 6.42. The minimum Gasteiger partial charge on any atom is -0.445 e. The summed E-state index contributed by atoms with van der Waals surface area (Å²) in [6.45, 7) is 3.42. The molecule has 2 aromatic carbocycles. The highest BCUT2D eigenvalue weighted by molar-refractivity contribution is 6.34. The van der Waals surface area contributed by atoms with Crippen molar-refractivity contribution in [1.82, 2.24) is 0 Å². The molecule has 2 aromatic rings. The van der Waals surface area contributed by atoms with Gasteiger partial charge in [0.15, 0.2) is 5.60 Å². The first kappa shape index (κ1) is 17.9. The highest BCUT2D eigenvalue weighted by Crippen LogP contribution is 2.32. The number of benzene rings is 2. The van der Waals surface area contributed by atoms with Gasteiger partial charge in [0.1, 0.15) is 0 Å². The van der Waals surface area contributed by atoms with Crippen LogP contribution < -0.4 is 5.32 Å². The number of rotatable bonds is 3. The number of amides is 1. The average Bonchev–Trinajstić information content (AvgIpc) is 2.55. The van der Waals surface area contributed by atoms with Crippen molar-refractivity contribution in [2.24, 2.45) is 0 Å². The first-order valence-corrected chi connectivity index (χ1v) is 8.16. The zero-order valence-electron chi connectivity index (χ0n) is 14.0. The predicted octanol–water partition coefficient (Wildman–Crippen LogP) is 3.67. The number of esters is 1. The lowest BCUT2D eigenvalue weighted by atomic mass is 9.88. The van der Waals surface area contributed by atoms with Crippen LogP contribution in [-0.4, -0.2) is 22.4 Å². The molecule has 0 aromatic heterocycles. The zero-order chi connectivity index (χ0) is 19.1. The standard InChI is InChI=1S/C18H15ClN2O5/c1-10-3-5-13-11(7-10)9-18(2,26-16(13)22)17(23)20-15-6-4-12(21(24)25)8-14(15)19/h3-8H,9H2,1-2H3,(H,20,23). The Hall–Kier alpha value is -2.93. The Labute approximate surface area is 154 Å². The van der Waals surface area contributed by atoms with E-state index >= 15 is 0 Å². The lowest BCUT2D eigenvalue weighted by molar-refractivity contribution is -0.384. The smallest absolute Gasteiger partial charge is 0.339 e. The molecule has 1 atom stereocenters. The molecule has 1 unspecified atom stereocenters. The van der Waals surface area contributed by atoms with Crippen LogP contribution in [0.3, 0.4) is 0 Å². The summed E-state index contributed by atoms with van der Waals surface area (Å²) in [5.74, 6) is -1.13. The van der Waals surface area contributed by atoms with Gasteiger partial charge >= 0.3 is 5.97 Å². The molecule has 8 heteroatoms. The summed E-state index contributed by atoms with van der Waals surface area (Å²) in [7, 11) is 0. The fourth-order valence-electron chi connectivity index (χ4n) is 2.83. The number of hydrogen-bond acceptors (Lipinski definition) is 5. The van der Waals surface area contributed by atoms with Crippen LogP contribution in [0.25, 0.3) is 0 Å². The molecular weight excluding hydrogens is 360 g/mol. The molecule has 1 amide bonds. The molecule has 134 valence electrons. The SMILES string of the molecule is Cc1ccc2c(c1)CC(C)(C(=O)Nc1ccc([N+](=O)[O-])cc1Cl)OC2=O. The van der Waals surface area contributed by atoms with Crippen molar-refractivity contribution in [3.8, 4) is 0 Å². The molecule has 1 heterocycles. The Balaban J connectivity index is 1.86. The second-order valence-electron chi connectivity index (χ2n) is 6.33. The molecule has 0 spiro atoms. The lowest BCUT2D eigenvalue weighted by Gasteiger charge is -2.33. The topological polar surface area (TPSA) is 98.5 Å². The lowest BCUT2D eigenvalue weighted by Crippen LogP contribution is -2.49. The van der Waals surface area contributed by atoms with Crippen LogP contribution in [-0.2, 0) is 16.0 Å². The highest BCUT2D eigenvalue weighted by atomic mass is 35.5. The molecule has 0 saturated heterocycles. The maximum Gasteiger partial charge on any atom is 0.339 e. The molecule has 26 heavy (non-hydrogen) atoms. The van der Waals surface area contributed by atoms with Crippen LogP contribution in [0.15, 0.2) is 36.4 Å². The summed E-state index contributed by atoms with van der Waals surface area (Å²) in [4.78, 5) is 35.2. The fraction of sp³-hybridized carbons (Fsp3) is 0.222. The van der Waals surface area contributed by atoms with Gasteiger partial charge < -0.3 is 10.1 Å². The Morgan fingerprint density at radius 3 is 2.69 bits per heavy atom. The van der Waals surface area contributed by atoms with E-state index in [0.29, 0.717) is 5.56 Å². The molecule has 0 bridgehead atoms. The number of ether oxygens (including phenoxy) is 1. The third-order valence-electron chi connectivity index (χ3n) is 4.22. The predicted molar refractivity (Wildman–Crippen MR) is 95.4 cm³/mol. The molecule has 1 aliphatic rings. The number of non-ortho nitro benzene ring substituents is 1. The summed E-state index contributed by atoms with van der Waals surface area (Å²) in [6.07, 6.45) is 0.214. The summed E-state index contributed by atoms with van der Waals surface area (Å²) in [5, 5.41) is 13.4. The maximum absolute atomic E-state index is 12.7. The van der Waals surface area contributed by atoms with Gasteiger partial charge in [-0.25, -0.2) is 4.79 Å². The Morgan fingerprint density at radius 1 is 1.31 bits per heavy atom. The van der Waals surface area contributed by atoms with Crippen molar-refractivity contribution in [2.75, 3.05) is 5.32 Å². The molecule has 0 saturated carbocycles. The van der Waals surface area contributed by atoms with Crippen LogP contribution >= 0.6 is 11.6 Å². The number of fused-ring (bicyclic) bond motifs is 1. The fourth-order valence-corrected chi connectivity index (χ4v) is 3.05. The van der Waals surface area contributed by atoms with E-state index < -0.39 is 22.4 Å². The highest BCUT2D eigenvalue weighted by Gasteiger charge is 2.43. The van der Waals surface area contributed by atoms with Crippen molar-refractivity contribution in [3.63, 3.8) is 0 Å². The van der Waals surface area contributed by atoms with Crippen LogP contribution in [0, 0.1) is 17.0 Å². The number of nitrogens with zero attached hydrogens (tertiary/aromatic N) is 1. The Kier molecular flexibility index (Phi) is 4.41. The minimum absolute atomic E-state index is 0.0227. The van der Waals surface area contributed by atoms with E-state index in [1.807, 2.05) is 13.0 Å². The summed E-state index contributed by atoms with van der Waals surface area (Å²) in [5.41, 5.74) is 0.744. The van der Waals surface area contributed by atoms with Gasteiger partial charge in [0.25, 0.3) is 11.6 Å². The molecular formula is C18H15ClN2O5. The third-order valence-corrected chi connectivity index (χ3v) is 4.53. The first-order chi connectivity index (χ1) is 12.2. The van der Waals surface area contributed by atoms with E-state index in [1.54, 1.807) is 12.1 Å². The van der Waals surface area contributed by atoms with Crippen LogP contribution in [0.4, 0.5) is 11.4 Å². The largest absolute Gasteiger partial charge is 0.445 e. The zero-order valence-corrected chi connectivity index (χ0v) is 14.8. The first-order valence-electron chi connectivity index (χ1n) is 7.78. The number of nitrogens with one attached hydrogen (secondary N) is 1. The number of anilines is 1. The number of aryl methyl sites for hydroxylation is 1. The van der Waals surface area contributed by atoms with Gasteiger partial charge in [-0.2, -0.15) is 0 Å². The van der Waals surface area contributed by atoms with Crippen LogP contribution in [0.2, 0.25) is 5.02 Å². The van der Waals surface area contributed by atoms with E-state index in [1.165, 1.54) is 19.1 Å². The summed E-state index contributed by atoms with van der Waals surface area (Å²) >= 11 is 6.01. The molecule has 0 radical (unpaired) electrons. The third kappa shape index (κ3) is 3.25. The number of carbonyl (C=O) groups excluding carboxylic acids is 2. The number of carbonyl (C=O) groups is 2. The van der Waals surface area contributed by atoms with Crippen molar-refractivity contribution in [3.05, 3.63) is 68.2 Å². The molecule has 1 N–H and O–H groups in total. The summed E-state index contributed by atoms with van der Waals surface area (Å²) in [6, 6.07) is 9.04. The van der Waals surface area contributed by atoms with Gasteiger partial charge in [0, 0.05) is 18.6 Å². The van der Waals surface area contributed by atoms with Gasteiger partial charge in [-0.05, 0) is 31.5 Å². The van der Waals surface area contributed by atoms with E-state index in [0.717, 1.165) is 17.2 Å². The van der Waals surface area contributed by atoms with Gasteiger partial charge in [0.2, 0.25) is 0 Å². The molecule has 1 aliphatic heterocycles. The molecule has 0 fully saturated rings. The maximum atomic E-state index is 12.7. The molecule has 7 nitrogen and oxygen atoms in total. The summed E-state index contributed by atoms with van der Waals surface area (Å²) < 4.78 is 5.37.